The van der Waals surface area contributed by atoms with Crippen molar-refractivity contribution in [3.8, 4) is 0 Å². The first-order valence-corrected chi connectivity index (χ1v) is 7.41. The van der Waals surface area contributed by atoms with Gasteiger partial charge >= 0.3 is 0 Å². The van der Waals surface area contributed by atoms with Crippen LogP contribution < -0.4 is 5.32 Å². The largest absolute Gasteiger partial charge is 0.320 e. The maximum Gasteiger partial charge on any atom is 0.241 e. The third kappa shape index (κ3) is 3.32. The topological polar surface area (TPSA) is 35.6 Å². The van der Waals surface area contributed by atoms with Gasteiger partial charge in [0, 0.05) is 18.1 Å². The molecule has 110 valence electrons. The first kappa shape index (κ1) is 15.3. The number of benzene rings is 1. The van der Waals surface area contributed by atoms with Gasteiger partial charge < -0.3 is 9.80 Å². The van der Waals surface area contributed by atoms with Gasteiger partial charge in [-0.2, -0.15) is 0 Å². The van der Waals surface area contributed by atoms with E-state index in [4.69, 9.17) is 11.6 Å². The Bertz CT molecular complexity index is 480. The molecular formula is C15H22ClN3O. The zero-order valence-electron chi connectivity index (χ0n) is 12.3. The van der Waals surface area contributed by atoms with Crippen LogP contribution in [0.5, 0.6) is 0 Å². The molecule has 1 aliphatic rings. The number of hydrogen-bond acceptors (Lipinski definition) is 3. The van der Waals surface area contributed by atoms with Gasteiger partial charge in [-0.25, -0.2) is 0 Å². The van der Waals surface area contributed by atoms with Crippen LogP contribution in [0.25, 0.3) is 0 Å². The highest BCUT2D eigenvalue weighted by Crippen LogP contribution is 2.26. The molecule has 2 unspecified atom stereocenters. The van der Waals surface area contributed by atoms with Crippen LogP contribution in [-0.2, 0) is 4.79 Å². The second-order valence-electron chi connectivity index (χ2n) is 5.27. The second-order valence-corrected chi connectivity index (χ2v) is 5.71. The van der Waals surface area contributed by atoms with Crippen molar-refractivity contribution in [2.45, 2.75) is 26.1 Å². The number of carbonyl (C=O) groups excluding carboxylic acids is 1. The Morgan fingerprint density at radius 2 is 2.20 bits per heavy atom. The maximum atomic E-state index is 12.3. The summed E-state index contributed by atoms with van der Waals surface area (Å²) in [5, 5.41) is 4.03. The van der Waals surface area contributed by atoms with E-state index >= 15 is 0 Å². The Hall–Kier alpha value is -1.10. The summed E-state index contributed by atoms with van der Waals surface area (Å²) in [5.74, 6) is 0.152. The molecule has 4 nitrogen and oxygen atoms in total. The molecule has 1 aliphatic heterocycles. The molecule has 1 aromatic rings. The molecule has 1 heterocycles. The van der Waals surface area contributed by atoms with Crippen molar-refractivity contribution < 1.29 is 4.79 Å². The van der Waals surface area contributed by atoms with Gasteiger partial charge in [-0.15, -0.1) is 0 Å². The Kier molecular flexibility index (Phi) is 5.02. The van der Waals surface area contributed by atoms with Gasteiger partial charge in [0.1, 0.15) is 6.17 Å². The van der Waals surface area contributed by atoms with E-state index in [9.17, 15) is 4.79 Å². The van der Waals surface area contributed by atoms with Crippen LogP contribution in [0, 0.1) is 0 Å². The van der Waals surface area contributed by atoms with Crippen LogP contribution in [0.15, 0.2) is 24.3 Å². The van der Waals surface area contributed by atoms with E-state index in [1.165, 1.54) is 0 Å². The normalized spacial score (nSPS) is 22.9. The molecule has 2 rings (SSSR count). The molecule has 0 saturated carbocycles. The van der Waals surface area contributed by atoms with Crippen molar-refractivity contribution in [1.82, 2.24) is 15.1 Å². The molecule has 20 heavy (non-hydrogen) atoms. The third-order valence-corrected chi connectivity index (χ3v) is 4.04. The average Bonchev–Trinajstić information content (AvgIpc) is 2.72. The van der Waals surface area contributed by atoms with Crippen LogP contribution in [-0.4, -0.2) is 48.4 Å². The fraction of sp³-hybridized carbons (Fsp3) is 0.533. The molecule has 0 aliphatic carbocycles. The molecule has 1 N–H and O–H groups in total. The highest BCUT2D eigenvalue weighted by molar-refractivity contribution is 6.30. The lowest BCUT2D eigenvalue weighted by Gasteiger charge is -2.26. The van der Waals surface area contributed by atoms with Crippen LogP contribution in [0.3, 0.4) is 0 Å². The van der Waals surface area contributed by atoms with Crippen molar-refractivity contribution in [2.75, 3.05) is 26.7 Å². The number of nitrogens with one attached hydrogen (secondary N) is 1. The van der Waals surface area contributed by atoms with Gasteiger partial charge in [-0.05, 0) is 38.2 Å². The highest BCUT2D eigenvalue weighted by Gasteiger charge is 2.36. The summed E-state index contributed by atoms with van der Waals surface area (Å²) < 4.78 is 0. The summed E-state index contributed by atoms with van der Waals surface area (Å²) in [6.45, 7) is 6.59. The van der Waals surface area contributed by atoms with Crippen LogP contribution in [0.4, 0.5) is 0 Å². The van der Waals surface area contributed by atoms with Gasteiger partial charge in [0.15, 0.2) is 0 Å². The van der Waals surface area contributed by atoms with Crippen LogP contribution in [0.2, 0.25) is 5.02 Å². The SMILES string of the molecule is CCN(C)CCN1C(=O)C(C)NC1c1cccc(Cl)c1. The van der Waals surface area contributed by atoms with Gasteiger partial charge in [0.05, 0.1) is 6.04 Å². The Morgan fingerprint density at radius 1 is 1.45 bits per heavy atom. The van der Waals surface area contributed by atoms with E-state index in [1.54, 1.807) is 0 Å². The fourth-order valence-corrected chi connectivity index (χ4v) is 2.60. The Balaban J connectivity index is 2.15. The van der Waals surface area contributed by atoms with E-state index in [1.807, 2.05) is 36.1 Å². The van der Waals surface area contributed by atoms with Gasteiger partial charge in [0.25, 0.3) is 0 Å². The zero-order chi connectivity index (χ0) is 14.7. The summed E-state index contributed by atoms with van der Waals surface area (Å²) in [5.41, 5.74) is 1.04. The van der Waals surface area contributed by atoms with Crippen molar-refractivity contribution in [2.24, 2.45) is 0 Å². The fourth-order valence-electron chi connectivity index (χ4n) is 2.40. The minimum absolute atomic E-state index is 0.0820. The summed E-state index contributed by atoms with van der Waals surface area (Å²) >= 11 is 6.05. The Labute approximate surface area is 125 Å². The second kappa shape index (κ2) is 6.57. The lowest BCUT2D eigenvalue weighted by Crippen LogP contribution is -2.37. The van der Waals surface area contributed by atoms with E-state index in [0.717, 1.165) is 25.2 Å². The van der Waals surface area contributed by atoms with Crippen molar-refractivity contribution in [1.29, 1.82) is 0 Å². The maximum absolute atomic E-state index is 12.3. The quantitative estimate of drug-likeness (QED) is 0.904. The monoisotopic (exact) mass is 295 g/mol. The first-order valence-electron chi connectivity index (χ1n) is 7.03. The summed E-state index contributed by atoms with van der Waals surface area (Å²) in [6.07, 6.45) is -0.0820. The van der Waals surface area contributed by atoms with Crippen LogP contribution >= 0.6 is 11.6 Å². The van der Waals surface area contributed by atoms with Crippen molar-refractivity contribution in [3.05, 3.63) is 34.9 Å². The number of nitrogens with zero attached hydrogens (tertiary/aromatic N) is 2. The Morgan fingerprint density at radius 3 is 2.85 bits per heavy atom. The lowest BCUT2D eigenvalue weighted by atomic mass is 10.1. The summed E-state index contributed by atoms with van der Waals surface area (Å²) in [4.78, 5) is 16.4. The van der Waals surface area contributed by atoms with Gasteiger partial charge in [0.2, 0.25) is 5.91 Å². The molecule has 2 atom stereocenters. The standard InChI is InChI=1S/C15H22ClN3O/c1-4-18(3)8-9-19-14(17-11(2)15(19)20)12-6-5-7-13(16)10-12/h5-7,10-11,14,17H,4,8-9H2,1-3H3. The lowest BCUT2D eigenvalue weighted by molar-refractivity contribution is -0.130. The molecule has 5 heteroatoms. The molecule has 0 bridgehead atoms. The predicted molar refractivity (Wildman–Crippen MR) is 81.7 cm³/mol. The first-order chi connectivity index (χ1) is 9.52. The number of likely N-dealkylation sites (N-methyl/N-ethyl adjacent to an activating group) is 1. The van der Waals surface area contributed by atoms with E-state index in [0.29, 0.717) is 5.02 Å². The van der Waals surface area contributed by atoms with E-state index in [-0.39, 0.29) is 18.1 Å². The summed E-state index contributed by atoms with van der Waals surface area (Å²) in [7, 11) is 2.06. The highest BCUT2D eigenvalue weighted by atomic mass is 35.5. The number of amides is 1. The van der Waals surface area contributed by atoms with Crippen molar-refractivity contribution in [3.63, 3.8) is 0 Å². The molecule has 0 aromatic heterocycles. The molecular weight excluding hydrogens is 274 g/mol. The molecule has 1 saturated heterocycles. The minimum atomic E-state index is -0.147. The number of carbonyl (C=O) groups is 1. The van der Waals surface area contributed by atoms with Crippen LogP contribution in [0.1, 0.15) is 25.6 Å². The zero-order valence-corrected chi connectivity index (χ0v) is 13.0. The molecule has 1 aromatic carbocycles. The van der Waals surface area contributed by atoms with Crippen molar-refractivity contribution >= 4 is 17.5 Å². The third-order valence-electron chi connectivity index (χ3n) is 3.80. The van der Waals surface area contributed by atoms with E-state index in [2.05, 4.69) is 24.2 Å². The number of rotatable bonds is 5. The molecule has 1 amide bonds. The van der Waals surface area contributed by atoms with Gasteiger partial charge in [-0.3, -0.25) is 10.1 Å². The minimum Gasteiger partial charge on any atom is -0.320 e. The molecule has 0 radical (unpaired) electrons. The molecule has 0 spiro atoms. The molecule has 1 fully saturated rings. The predicted octanol–water partition coefficient (Wildman–Crippen LogP) is 2.11. The average molecular weight is 296 g/mol. The van der Waals surface area contributed by atoms with E-state index < -0.39 is 0 Å². The summed E-state index contributed by atoms with van der Waals surface area (Å²) in [6, 6.07) is 7.54. The smallest absolute Gasteiger partial charge is 0.241 e. The number of halogens is 1. The number of hydrogen-bond donors (Lipinski definition) is 1. The van der Waals surface area contributed by atoms with Gasteiger partial charge in [-0.1, -0.05) is 30.7 Å².